The van der Waals surface area contributed by atoms with Crippen LogP contribution in [-0.4, -0.2) is 19.0 Å². The van der Waals surface area contributed by atoms with Crippen LogP contribution in [0.5, 0.6) is 0 Å². The lowest BCUT2D eigenvalue weighted by molar-refractivity contribution is -0.303. The Bertz CT molecular complexity index is 221. The summed E-state index contributed by atoms with van der Waals surface area (Å²) in [4.78, 5) is 0. The van der Waals surface area contributed by atoms with Crippen LogP contribution in [0.4, 0.5) is 0 Å². The minimum atomic E-state index is -0.308. The zero-order chi connectivity index (χ0) is 12.1. The molecule has 1 saturated heterocycles. The molecular weight excluding hydrogens is 200 g/mol. The molecular formula is C14H26O2. The molecule has 0 atom stereocenters. The van der Waals surface area contributed by atoms with Crippen LogP contribution in [-0.2, 0) is 9.47 Å². The zero-order valence-corrected chi connectivity index (χ0v) is 11.2. The molecule has 0 aromatic carbocycles. The molecule has 1 fully saturated rings. The molecule has 2 nitrogen and oxygen atoms in total. The van der Waals surface area contributed by atoms with Crippen molar-refractivity contribution >= 4 is 0 Å². The van der Waals surface area contributed by atoms with Gasteiger partial charge in [0.1, 0.15) is 0 Å². The largest absolute Gasteiger partial charge is 0.349 e. The fourth-order valence-corrected chi connectivity index (χ4v) is 1.92. The summed E-state index contributed by atoms with van der Waals surface area (Å²) >= 11 is 0. The molecule has 0 aromatic heterocycles. The molecule has 0 unspecified atom stereocenters. The molecule has 0 N–H and O–H groups in total. The Kier molecular flexibility index (Phi) is 5.00. The first-order chi connectivity index (χ1) is 7.54. The van der Waals surface area contributed by atoms with E-state index < -0.39 is 0 Å². The van der Waals surface area contributed by atoms with Crippen molar-refractivity contribution in [3.63, 3.8) is 0 Å². The molecule has 16 heavy (non-hydrogen) atoms. The fourth-order valence-electron chi connectivity index (χ4n) is 1.92. The maximum Gasteiger partial charge on any atom is 0.168 e. The lowest BCUT2D eigenvalue weighted by Crippen LogP contribution is -2.47. The van der Waals surface area contributed by atoms with Gasteiger partial charge in [-0.3, -0.25) is 0 Å². The predicted molar refractivity (Wildman–Crippen MR) is 67.4 cm³/mol. The summed E-state index contributed by atoms with van der Waals surface area (Å²) in [6, 6.07) is 0. The van der Waals surface area contributed by atoms with Gasteiger partial charge in [0.15, 0.2) is 5.79 Å². The molecule has 0 aromatic rings. The Hall–Kier alpha value is -0.340. The summed E-state index contributed by atoms with van der Waals surface area (Å²) < 4.78 is 11.9. The Labute approximate surface area is 100 Å². The van der Waals surface area contributed by atoms with E-state index in [4.69, 9.17) is 9.47 Å². The standard InChI is InChI=1S/C14H26O2/c1-5-7-8-9-10-14(6-2)15-11-13(3,4)12-16-14/h5,7H,6,8-12H2,1-4H3. The van der Waals surface area contributed by atoms with Gasteiger partial charge in [0.2, 0.25) is 0 Å². The molecule has 2 heteroatoms. The van der Waals surface area contributed by atoms with Crippen LogP contribution in [0.3, 0.4) is 0 Å². The second-order valence-electron chi connectivity index (χ2n) is 5.47. The van der Waals surface area contributed by atoms with Gasteiger partial charge >= 0.3 is 0 Å². The summed E-state index contributed by atoms with van der Waals surface area (Å²) in [7, 11) is 0. The molecule has 1 rings (SSSR count). The van der Waals surface area contributed by atoms with Gasteiger partial charge in [-0.1, -0.05) is 32.9 Å². The topological polar surface area (TPSA) is 18.5 Å². The van der Waals surface area contributed by atoms with Gasteiger partial charge in [-0.25, -0.2) is 0 Å². The highest BCUT2D eigenvalue weighted by Crippen LogP contribution is 2.34. The first-order valence-electron chi connectivity index (χ1n) is 6.43. The number of ether oxygens (including phenoxy) is 2. The van der Waals surface area contributed by atoms with E-state index >= 15 is 0 Å². The van der Waals surface area contributed by atoms with E-state index in [0.717, 1.165) is 38.9 Å². The average Bonchev–Trinajstić information content (AvgIpc) is 2.27. The van der Waals surface area contributed by atoms with Crippen molar-refractivity contribution in [1.29, 1.82) is 0 Å². The maximum absolute atomic E-state index is 5.96. The average molecular weight is 226 g/mol. The Morgan fingerprint density at radius 3 is 2.31 bits per heavy atom. The molecule has 1 aliphatic heterocycles. The summed E-state index contributed by atoms with van der Waals surface area (Å²) in [5.41, 5.74) is 0.169. The highest BCUT2D eigenvalue weighted by Gasteiger charge is 2.38. The van der Waals surface area contributed by atoms with Gasteiger partial charge in [0.05, 0.1) is 13.2 Å². The Balaban J connectivity index is 2.40. The van der Waals surface area contributed by atoms with Gasteiger partial charge < -0.3 is 9.47 Å². The van der Waals surface area contributed by atoms with E-state index in [-0.39, 0.29) is 11.2 Å². The Morgan fingerprint density at radius 1 is 1.19 bits per heavy atom. The lowest BCUT2D eigenvalue weighted by Gasteiger charge is -2.43. The highest BCUT2D eigenvalue weighted by molar-refractivity contribution is 4.82. The number of allylic oxidation sites excluding steroid dienone is 2. The van der Waals surface area contributed by atoms with E-state index in [0.29, 0.717) is 0 Å². The number of unbranched alkanes of at least 4 members (excludes halogenated alkanes) is 1. The molecule has 0 bridgehead atoms. The van der Waals surface area contributed by atoms with E-state index in [9.17, 15) is 0 Å². The second-order valence-corrected chi connectivity index (χ2v) is 5.47. The van der Waals surface area contributed by atoms with E-state index in [1.807, 2.05) is 0 Å². The van der Waals surface area contributed by atoms with Crippen LogP contribution in [0.1, 0.15) is 53.4 Å². The van der Waals surface area contributed by atoms with Crippen LogP contribution < -0.4 is 0 Å². The molecule has 1 heterocycles. The minimum absolute atomic E-state index is 0.169. The van der Waals surface area contributed by atoms with Crippen molar-refractivity contribution in [2.45, 2.75) is 59.2 Å². The van der Waals surface area contributed by atoms with E-state index in [1.54, 1.807) is 0 Å². The third-order valence-corrected chi connectivity index (χ3v) is 3.15. The molecule has 94 valence electrons. The number of hydrogen-bond donors (Lipinski definition) is 0. The van der Waals surface area contributed by atoms with Crippen LogP contribution in [0, 0.1) is 5.41 Å². The van der Waals surface area contributed by atoms with E-state index in [2.05, 4.69) is 39.8 Å². The van der Waals surface area contributed by atoms with Crippen LogP contribution in [0.15, 0.2) is 12.2 Å². The summed E-state index contributed by atoms with van der Waals surface area (Å²) in [5.74, 6) is -0.308. The number of rotatable bonds is 5. The maximum atomic E-state index is 5.96. The Morgan fingerprint density at radius 2 is 1.81 bits per heavy atom. The zero-order valence-electron chi connectivity index (χ0n) is 11.2. The first-order valence-corrected chi connectivity index (χ1v) is 6.43. The molecule has 0 radical (unpaired) electrons. The van der Waals surface area contributed by atoms with Gasteiger partial charge in [0, 0.05) is 11.8 Å². The predicted octanol–water partition coefficient (Wildman–Crippen LogP) is 3.91. The fraction of sp³-hybridized carbons (Fsp3) is 0.857. The monoisotopic (exact) mass is 226 g/mol. The van der Waals surface area contributed by atoms with Crippen LogP contribution in [0.25, 0.3) is 0 Å². The smallest absolute Gasteiger partial charge is 0.168 e. The molecule has 0 saturated carbocycles. The lowest BCUT2D eigenvalue weighted by atomic mass is 9.93. The summed E-state index contributed by atoms with van der Waals surface area (Å²) in [5, 5.41) is 0. The van der Waals surface area contributed by atoms with Gasteiger partial charge in [-0.05, 0) is 26.2 Å². The van der Waals surface area contributed by atoms with Crippen LogP contribution >= 0.6 is 0 Å². The SMILES string of the molecule is CC=CCCCC1(CC)OCC(C)(C)CO1. The third kappa shape index (κ3) is 3.91. The molecule has 0 aliphatic carbocycles. The third-order valence-electron chi connectivity index (χ3n) is 3.15. The summed E-state index contributed by atoms with van der Waals surface area (Å²) in [6.45, 7) is 10.2. The molecule has 1 aliphatic rings. The van der Waals surface area contributed by atoms with Gasteiger partial charge in [0.25, 0.3) is 0 Å². The van der Waals surface area contributed by atoms with Crippen molar-refractivity contribution in [2.24, 2.45) is 5.41 Å². The van der Waals surface area contributed by atoms with Crippen LogP contribution in [0.2, 0.25) is 0 Å². The van der Waals surface area contributed by atoms with E-state index in [1.165, 1.54) is 0 Å². The number of hydrogen-bond acceptors (Lipinski definition) is 2. The first kappa shape index (κ1) is 13.7. The van der Waals surface area contributed by atoms with Crippen molar-refractivity contribution in [1.82, 2.24) is 0 Å². The highest BCUT2D eigenvalue weighted by atomic mass is 16.7. The minimum Gasteiger partial charge on any atom is -0.349 e. The molecule has 0 amide bonds. The quantitative estimate of drug-likeness (QED) is 0.522. The van der Waals surface area contributed by atoms with Gasteiger partial charge in [-0.2, -0.15) is 0 Å². The van der Waals surface area contributed by atoms with Crippen molar-refractivity contribution in [3.05, 3.63) is 12.2 Å². The van der Waals surface area contributed by atoms with Crippen molar-refractivity contribution in [3.8, 4) is 0 Å². The normalized spacial score (nSPS) is 23.8. The second kappa shape index (κ2) is 5.83. The summed E-state index contributed by atoms with van der Waals surface area (Å²) in [6.07, 6.45) is 8.51. The van der Waals surface area contributed by atoms with Crippen molar-refractivity contribution in [2.75, 3.05) is 13.2 Å². The van der Waals surface area contributed by atoms with Crippen molar-refractivity contribution < 1.29 is 9.47 Å². The van der Waals surface area contributed by atoms with Gasteiger partial charge in [-0.15, -0.1) is 0 Å². The molecule has 0 spiro atoms.